The summed E-state index contributed by atoms with van der Waals surface area (Å²) in [5.74, 6) is -0.449. The first-order valence-corrected chi connectivity index (χ1v) is 10.2. The van der Waals surface area contributed by atoms with Crippen molar-refractivity contribution in [1.29, 1.82) is 0 Å². The van der Waals surface area contributed by atoms with E-state index in [1.807, 2.05) is 0 Å². The number of benzene rings is 2. The zero-order chi connectivity index (χ0) is 23.8. The summed E-state index contributed by atoms with van der Waals surface area (Å²) in [7, 11) is 4.40. The minimum Gasteiger partial charge on any atom is -0.507 e. The van der Waals surface area contributed by atoms with Crippen molar-refractivity contribution in [2.24, 2.45) is 0 Å². The molecule has 0 aliphatic heterocycles. The first-order chi connectivity index (χ1) is 15.2. The van der Waals surface area contributed by atoms with E-state index in [4.69, 9.17) is 34.2 Å². The topological polar surface area (TPSA) is 139 Å². The maximum atomic E-state index is 12.6. The molecule has 0 bridgehead atoms. The number of carbonyl (C=O) groups is 1. The fourth-order valence-electron chi connectivity index (χ4n) is 2.92. The molecule has 11 heteroatoms. The summed E-state index contributed by atoms with van der Waals surface area (Å²) in [6.07, 6.45) is -0.548. The molecule has 1 atom stereocenters. The molecular formula is C21H26BrNO9. The minimum absolute atomic E-state index is 0.0347. The Morgan fingerprint density at radius 2 is 1.69 bits per heavy atom. The lowest BCUT2D eigenvalue weighted by atomic mass is 10.0. The van der Waals surface area contributed by atoms with E-state index in [-0.39, 0.29) is 41.5 Å². The number of ether oxygens (including phenoxy) is 6. The number of methoxy groups -OCH3 is 3. The zero-order valence-corrected chi connectivity index (χ0v) is 19.7. The van der Waals surface area contributed by atoms with Crippen LogP contribution >= 0.6 is 15.9 Å². The first kappa shape index (κ1) is 25.4. The highest BCUT2D eigenvalue weighted by molar-refractivity contribution is 9.10. The van der Waals surface area contributed by atoms with Gasteiger partial charge in [0.15, 0.2) is 30.8 Å². The fraction of sp³-hybridized carbons (Fsp3) is 0.381. The van der Waals surface area contributed by atoms with Gasteiger partial charge in [-0.15, -0.1) is 0 Å². The highest BCUT2D eigenvalue weighted by atomic mass is 79.9. The average molecular weight is 516 g/mol. The van der Waals surface area contributed by atoms with Crippen LogP contribution in [0.15, 0.2) is 22.7 Å². The SMILES string of the molecule is COCOc1cc(N)c(OCOC)c(CC(C)OC(=O)c2cc(Br)c(O)cc2O)c1OC. The molecule has 4 N–H and O–H groups in total. The average Bonchev–Trinajstić information content (AvgIpc) is 2.74. The molecule has 0 radical (unpaired) electrons. The second-order valence-electron chi connectivity index (χ2n) is 6.65. The van der Waals surface area contributed by atoms with E-state index in [0.29, 0.717) is 22.8 Å². The predicted molar refractivity (Wildman–Crippen MR) is 118 cm³/mol. The Hall–Kier alpha value is -2.89. The van der Waals surface area contributed by atoms with Crippen LogP contribution in [0.3, 0.4) is 0 Å². The van der Waals surface area contributed by atoms with Crippen molar-refractivity contribution in [2.75, 3.05) is 40.6 Å². The second-order valence-corrected chi connectivity index (χ2v) is 7.50. The lowest BCUT2D eigenvalue weighted by Crippen LogP contribution is -2.19. The van der Waals surface area contributed by atoms with Crippen LogP contribution in [-0.4, -0.2) is 57.2 Å². The smallest absolute Gasteiger partial charge is 0.342 e. The third kappa shape index (κ3) is 6.09. The van der Waals surface area contributed by atoms with E-state index >= 15 is 0 Å². The number of phenolic OH excluding ortho intramolecular Hbond substituents is 2. The summed E-state index contributed by atoms with van der Waals surface area (Å²) < 4.78 is 32.3. The number of carbonyl (C=O) groups excluding carboxylic acids is 1. The molecule has 0 heterocycles. The van der Waals surface area contributed by atoms with Crippen LogP contribution in [0.25, 0.3) is 0 Å². The maximum Gasteiger partial charge on any atom is 0.342 e. The van der Waals surface area contributed by atoms with Gasteiger partial charge in [-0.25, -0.2) is 4.79 Å². The van der Waals surface area contributed by atoms with Gasteiger partial charge in [-0.05, 0) is 28.9 Å². The summed E-state index contributed by atoms with van der Waals surface area (Å²) in [4.78, 5) is 12.6. The molecule has 0 spiro atoms. The molecule has 10 nitrogen and oxygen atoms in total. The second kappa shape index (κ2) is 11.7. The Labute approximate surface area is 193 Å². The van der Waals surface area contributed by atoms with E-state index < -0.39 is 17.8 Å². The van der Waals surface area contributed by atoms with Crippen molar-refractivity contribution in [2.45, 2.75) is 19.4 Å². The molecule has 32 heavy (non-hydrogen) atoms. The molecule has 2 aromatic carbocycles. The quantitative estimate of drug-likeness (QED) is 0.232. The number of anilines is 1. The van der Waals surface area contributed by atoms with Gasteiger partial charge in [-0.3, -0.25) is 0 Å². The number of aromatic hydroxyl groups is 2. The predicted octanol–water partition coefficient (Wildman–Crippen LogP) is 3.20. The molecule has 1 unspecified atom stereocenters. The van der Waals surface area contributed by atoms with Crippen molar-refractivity contribution in [3.05, 3.63) is 33.8 Å². The van der Waals surface area contributed by atoms with Gasteiger partial charge in [0.1, 0.15) is 23.2 Å². The van der Waals surface area contributed by atoms with E-state index in [1.165, 1.54) is 33.5 Å². The minimum atomic E-state index is -0.784. The largest absolute Gasteiger partial charge is 0.507 e. The van der Waals surface area contributed by atoms with Gasteiger partial charge >= 0.3 is 5.97 Å². The van der Waals surface area contributed by atoms with E-state index in [2.05, 4.69) is 15.9 Å². The van der Waals surface area contributed by atoms with Gasteiger partial charge in [-0.1, -0.05) is 0 Å². The Bertz CT molecular complexity index is 952. The van der Waals surface area contributed by atoms with Crippen molar-refractivity contribution < 1.29 is 43.4 Å². The third-order valence-electron chi connectivity index (χ3n) is 4.26. The molecule has 0 saturated heterocycles. The summed E-state index contributed by atoms with van der Waals surface area (Å²) in [5, 5.41) is 19.6. The number of hydrogen-bond donors (Lipinski definition) is 3. The van der Waals surface area contributed by atoms with Crippen LogP contribution in [0.2, 0.25) is 0 Å². The zero-order valence-electron chi connectivity index (χ0n) is 18.1. The van der Waals surface area contributed by atoms with Crippen molar-refractivity contribution in [3.63, 3.8) is 0 Å². The van der Waals surface area contributed by atoms with Crippen LogP contribution in [0.5, 0.6) is 28.7 Å². The van der Waals surface area contributed by atoms with Gasteiger partial charge in [0.25, 0.3) is 0 Å². The van der Waals surface area contributed by atoms with Crippen molar-refractivity contribution in [1.82, 2.24) is 0 Å². The number of nitrogens with two attached hydrogens (primary N) is 1. The summed E-state index contributed by atoms with van der Waals surface area (Å²) in [6.45, 7) is 1.55. The van der Waals surface area contributed by atoms with E-state index in [9.17, 15) is 15.0 Å². The standard InChI is InChI=1S/C21H26BrNO9/c1-11(32-21(26)12-6-14(22)17(25)8-16(12)24)5-13-19(31-10-28-3)15(23)7-18(20(13)29-4)30-9-27-2/h6-8,11,24-25H,5,9-10,23H2,1-4H3. The molecule has 0 saturated carbocycles. The summed E-state index contributed by atoms with van der Waals surface area (Å²) >= 11 is 3.11. The van der Waals surface area contributed by atoms with Crippen molar-refractivity contribution in [3.8, 4) is 28.7 Å². The maximum absolute atomic E-state index is 12.6. The van der Waals surface area contributed by atoms with Gasteiger partial charge in [-0.2, -0.15) is 0 Å². The summed E-state index contributed by atoms with van der Waals surface area (Å²) in [6, 6.07) is 3.85. The van der Waals surface area contributed by atoms with E-state index in [0.717, 1.165) is 6.07 Å². The summed E-state index contributed by atoms with van der Waals surface area (Å²) in [5.41, 5.74) is 6.80. The molecule has 2 aromatic rings. The van der Waals surface area contributed by atoms with Gasteiger partial charge in [0.05, 0.1) is 17.3 Å². The monoisotopic (exact) mass is 515 g/mol. The number of rotatable bonds is 11. The van der Waals surface area contributed by atoms with Crippen molar-refractivity contribution >= 4 is 27.6 Å². The number of hydrogen-bond acceptors (Lipinski definition) is 10. The lowest BCUT2D eigenvalue weighted by Gasteiger charge is -2.22. The highest BCUT2D eigenvalue weighted by Crippen LogP contribution is 2.43. The Morgan fingerprint density at radius 3 is 2.31 bits per heavy atom. The molecule has 0 amide bonds. The molecular weight excluding hydrogens is 490 g/mol. The molecule has 176 valence electrons. The normalized spacial score (nSPS) is 11.7. The van der Waals surface area contributed by atoms with E-state index in [1.54, 1.807) is 6.92 Å². The van der Waals surface area contributed by atoms with Gasteiger partial charge in [0, 0.05) is 38.3 Å². The molecule has 0 fully saturated rings. The molecule has 0 aromatic heterocycles. The number of halogens is 1. The first-order valence-electron chi connectivity index (χ1n) is 9.38. The van der Waals surface area contributed by atoms with Gasteiger partial charge in [0.2, 0.25) is 0 Å². The van der Waals surface area contributed by atoms with Crippen LogP contribution in [0, 0.1) is 0 Å². The fourth-order valence-corrected chi connectivity index (χ4v) is 3.26. The number of phenols is 2. The van der Waals surface area contributed by atoms with Crippen LogP contribution in [-0.2, 0) is 20.6 Å². The Balaban J connectivity index is 2.35. The van der Waals surface area contributed by atoms with Gasteiger partial charge < -0.3 is 44.4 Å². The molecule has 0 aliphatic rings. The van der Waals surface area contributed by atoms with Crippen LogP contribution in [0.4, 0.5) is 5.69 Å². The Morgan fingerprint density at radius 1 is 1.03 bits per heavy atom. The number of nitrogen functional groups attached to an aromatic ring is 1. The third-order valence-corrected chi connectivity index (χ3v) is 4.90. The number of esters is 1. The highest BCUT2D eigenvalue weighted by Gasteiger charge is 2.25. The lowest BCUT2D eigenvalue weighted by molar-refractivity contribution is 0.0323. The molecule has 0 aliphatic carbocycles. The van der Waals surface area contributed by atoms with Crippen LogP contribution < -0.4 is 19.9 Å². The Kier molecular flexibility index (Phi) is 9.24. The van der Waals surface area contributed by atoms with Crippen LogP contribution in [0.1, 0.15) is 22.8 Å². The molecule has 2 rings (SSSR count).